The quantitative estimate of drug-likeness (QED) is 0.665. The number of likely N-dealkylation sites (tertiary alicyclic amines) is 1. The minimum absolute atomic E-state index is 1.08. The van der Waals surface area contributed by atoms with E-state index in [9.17, 15) is 0 Å². The zero-order valence-corrected chi connectivity index (χ0v) is 8.00. The van der Waals surface area contributed by atoms with Crippen LogP contribution < -0.4 is 0 Å². The number of hydrogen-bond donors (Lipinski definition) is 0. The molecule has 1 aliphatic heterocycles. The van der Waals surface area contributed by atoms with E-state index in [-0.39, 0.29) is 0 Å². The molecule has 2 rings (SSSR count). The maximum atomic E-state index is 4.04. The Morgan fingerprint density at radius 2 is 1.85 bits per heavy atom. The summed E-state index contributed by atoms with van der Waals surface area (Å²) in [5.41, 5.74) is 2.55. The molecule has 1 radical (unpaired) electrons. The monoisotopic (exact) mass is 174 g/mol. The van der Waals surface area contributed by atoms with Crippen molar-refractivity contribution in [3.8, 4) is 0 Å². The zero-order valence-electron chi connectivity index (χ0n) is 8.00. The molecule has 1 aromatic rings. The molecule has 1 fully saturated rings. The van der Waals surface area contributed by atoms with Gasteiger partial charge in [0.05, 0.1) is 0 Å². The lowest BCUT2D eigenvalue weighted by Crippen LogP contribution is -2.18. The zero-order chi connectivity index (χ0) is 9.10. The van der Waals surface area contributed by atoms with Crippen LogP contribution in [-0.2, 0) is 6.54 Å². The molecular weight excluding hydrogens is 158 g/mol. The Balaban J connectivity index is 2.04. The third-order valence-corrected chi connectivity index (χ3v) is 2.71. The Hall–Kier alpha value is -0.820. The lowest BCUT2D eigenvalue weighted by Gasteiger charge is -2.15. The number of benzene rings is 1. The molecule has 0 saturated carbocycles. The maximum Gasteiger partial charge on any atom is 0.0236 e. The molecule has 0 unspecified atom stereocenters. The molecule has 0 atom stereocenters. The number of rotatable bonds is 2. The standard InChI is InChI=1S/C12H16N/c1-11-6-2-3-7-12(11)10-13-8-4-5-9-13/h2-3,6-7H,1,4-5,8-10H2. The summed E-state index contributed by atoms with van der Waals surface area (Å²) in [6.07, 6.45) is 2.72. The van der Waals surface area contributed by atoms with Gasteiger partial charge in [-0.1, -0.05) is 24.3 Å². The Labute approximate surface area is 80.4 Å². The maximum absolute atomic E-state index is 4.04. The molecule has 1 heterocycles. The minimum Gasteiger partial charge on any atom is -0.299 e. The van der Waals surface area contributed by atoms with Crippen molar-refractivity contribution in [1.29, 1.82) is 0 Å². The van der Waals surface area contributed by atoms with E-state index < -0.39 is 0 Å². The largest absolute Gasteiger partial charge is 0.299 e. The highest BCUT2D eigenvalue weighted by atomic mass is 15.1. The van der Waals surface area contributed by atoms with E-state index in [2.05, 4.69) is 36.1 Å². The predicted molar refractivity (Wildman–Crippen MR) is 55.4 cm³/mol. The second kappa shape index (κ2) is 3.93. The van der Waals surface area contributed by atoms with Gasteiger partial charge in [-0.15, -0.1) is 0 Å². The lowest BCUT2D eigenvalue weighted by atomic mass is 10.1. The van der Waals surface area contributed by atoms with Crippen molar-refractivity contribution >= 4 is 0 Å². The first-order valence-electron chi connectivity index (χ1n) is 4.98. The Kier molecular flexibility index (Phi) is 2.65. The fourth-order valence-corrected chi connectivity index (χ4v) is 1.89. The molecule has 1 saturated heterocycles. The lowest BCUT2D eigenvalue weighted by molar-refractivity contribution is 0.331. The average molecular weight is 174 g/mol. The summed E-state index contributed by atoms with van der Waals surface area (Å²) in [5, 5.41) is 0. The van der Waals surface area contributed by atoms with E-state index in [0.717, 1.165) is 6.54 Å². The van der Waals surface area contributed by atoms with Gasteiger partial charge in [0, 0.05) is 6.54 Å². The molecule has 0 amide bonds. The van der Waals surface area contributed by atoms with Crippen molar-refractivity contribution in [1.82, 2.24) is 4.90 Å². The summed E-state index contributed by atoms with van der Waals surface area (Å²) < 4.78 is 0. The summed E-state index contributed by atoms with van der Waals surface area (Å²) >= 11 is 0. The fourth-order valence-electron chi connectivity index (χ4n) is 1.89. The van der Waals surface area contributed by atoms with E-state index >= 15 is 0 Å². The van der Waals surface area contributed by atoms with Gasteiger partial charge in [0.2, 0.25) is 0 Å². The van der Waals surface area contributed by atoms with Crippen LogP contribution >= 0.6 is 0 Å². The van der Waals surface area contributed by atoms with Gasteiger partial charge in [0.25, 0.3) is 0 Å². The van der Waals surface area contributed by atoms with Crippen molar-refractivity contribution < 1.29 is 0 Å². The average Bonchev–Trinajstić information content (AvgIpc) is 2.61. The molecule has 0 spiro atoms. The summed E-state index contributed by atoms with van der Waals surface area (Å²) in [6.45, 7) is 7.64. The van der Waals surface area contributed by atoms with Crippen molar-refractivity contribution in [2.24, 2.45) is 0 Å². The first-order valence-corrected chi connectivity index (χ1v) is 4.98. The predicted octanol–water partition coefficient (Wildman–Crippen LogP) is 2.46. The van der Waals surface area contributed by atoms with E-state index in [1.54, 1.807) is 0 Å². The molecule has 1 heteroatoms. The Morgan fingerprint density at radius 3 is 2.54 bits per heavy atom. The van der Waals surface area contributed by atoms with Gasteiger partial charge < -0.3 is 0 Å². The van der Waals surface area contributed by atoms with Crippen LogP contribution in [0, 0.1) is 6.92 Å². The van der Waals surface area contributed by atoms with Gasteiger partial charge in [0.1, 0.15) is 0 Å². The molecular formula is C12H16N. The SMILES string of the molecule is [CH2]c1ccccc1CN1CCCC1. The van der Waals surface area contributed by atoms with Crippen molar-refractivity contribution in [2.75, 3.05) is 13.1 Å². The Bertz CT molecular complexity index is 274. The van der Waals surface area contributed by atoms with Gasteiger partial charge in [0.15, 0.2) is 0 Å². The van der Waals surface area contributed by atoms with Crippen LogP contribution in [0.2, 0.25) is 0 Å². The van der Waals surface area contributed by atoms with E-state index in [1.807, 2.05) is 0 Å². The smallest absolute Gasteiger partial charge is 0.0236 e. The van der Waals surface area contributed by atoms with Crippen LogP contribution in [0.25, 0.3) is 0 Å². The van der Waals surface area contributed by atoms with Gasteiger partial charge in [-0.05, 0) is 44.0 Å². The van der Waals surface area contributed by atoms with Crippen LogP contribution in [-0.4, -0.2) is 18.0 Å². The van der Waals surface area contributed by atoms with Crippen molar-refractivity contribution in [3.05, 3.63) is 42.3 Å². The van der Waals surface area contributed by atoms with E-state index in [1.165, 1.54) is 37.1 Å². The van der Waals surface area contributed by atoms with E-state index in [4.69, 9.17) is 0 Å². The third-order valence-electron chi connectivity index (χ3n) is 2.71. The highest BCUT2D eigenvalue weighted by molar-refractivity contribution is 5.29. The van der Waals surface area contributed by atoms with Crippen LogP contribution in [0.4, 0.5) is 0 Å². The highest BCUT2D eigenvalue weighted by Gasteiger charge is 2.11. The van der Waals surface area contributed by atoms with Crippen LogP contribution in [0.15, 0.2) is 24.3 Å². The second-order valence-corrected chi connectivity index (χ2v) is 3.75. The van der Waals surface area contributed by atoms with Crippen LogP contribution in [0.3, 0.4) is 0 Å². The number of nitrogens with zero attached hydrogens (tertiary/aromatic N) is 1. The molecule has 13 heavy (non-hydrogen) atoms. The molecule has 0 aliphatic carbocycles. The molecule has 1 nitrogen and oxygen atoms in total. The van der Waals surface area contributed by atoms with Crippen molar-refractivity contribution in [3.63, 3.8) is 0 Å². The van der Waals surface area contributed by atoms with Crippen molar-refractivity contribution in [2.45, 2.75) is 19.4 Å². The van der Waals surface area contributed by atoms with Crippen LogP contribution in [0.1, 0.15) is 24.0 Å². The normalized spacial score (nSPS) is 17.9. The molecule has 1 aliphatic rings. The molecule has 1 aromatic carbocycles. The van der Waals surface area contributed by atoms with Gasteiger partial charge >= 0.3 is 0 Å². The summed E-state index contributed by atoms with van der Waals surface area (Å²) in [6, 6.07) is 8.42. The first kappa shape index (κ1) is 8.76. The third kappa shape index (κ3) is 2.10. The summed E-state index contributed by atoms with van der Waals surface area (Å²) in [7, 11) is 0. The minimum atomic E-state index is 1.08. The fraction of sp³-hybridized carbons (Fsp3) is 0.417. The number of hydrogen-bond acceptors (Lipinski definition) is 1. The van der Waals surface area contributed by atoms with Gasteiger partial charge in [-0.3, -0.25) is 4.90 Å². The summed E-state index contributed by atoms with van der Waals surface area (Å²) in [5.74, 6) is 0. The topological polar surface area (TPSA) is 3.24 Å². The molecule has 0 bridgehead atoms. The van der Waals surface area contributed by atoms with Crippen LogP contribution in [0.5, 0.6) is 0 Å². The van der Waals surface area contributed by atoms with Gasteiger partial charge in [-0.2, -0.15) is 0 Å². The summed E-state index contributed by atoms with van der Waals surface area (Å²) in [4.78, 5) is 2.50. The highest BCUT2D eigenvalue weighted by Crippen LogP contribution is 2.14. The first-order chi connectivity index (χ1) is 6.36. The molecule has 0 aromatic heterocycles. The molecule has 69 valence electrons. The molecule has 0 N–H and O–H groups in total. The van der Waals surface area contributed by atoms with E-state index in [0.29, 0.717) is 0 Å². The Morgan fingerprint density at radius 1 is 1.15 bits per heavy atom. The van der Waals surface area contributed by atoms with Gasteiger partial charge in [-0.25, -0.2) is 0 Å². The second-order valence-electron chi connectivity index (χ2n) is 3.75.